The maximum atomic E-state index is 12.4. The number of aryl methyl sites for hydroxylation is 2. The van der Waals surface area contributed by atoms with Gasteiger partial charge in [0.15, 0.2) is 15.6 Å². The largest absolute Gasteiger partial charge is 0.455 e. The predicted octanol–water partition coefficient (Wildman–Crippen LogP) is 4.12. The molecule has 0 aliphatic rings. The van der Waals surface area contributed by atoms with E-state index in [1.54, 1.807) is 18.2 Å². The van der Waals surface area contributed by atoms with Crippen LogP contribution in [0.2, 0.25) is 0 Å². The highest BCUT2D eigenvalue weighted by atomic mass is 32.2. The monoisotopic (exact) mass is 369 g/mol. The number of hydrogen-bond donors (Lipinski definition) is 1. The Kier molecular flexibility index (Phi) is 4.95. The zero-order valence-electron chi connectivity index (χ0n) is 14.5. The summed E-state index contributed by atoms with van der Waals surface area (Å²) in [7, 11) is -3.52. The molecule has 0 bridgehead atoms. The second-order valence-electron chi connectivity index (χ2n) is 6.11. The van der Waals surface area contributed by atoms with Crippen molar-refractivity contribution in [3.05, 3.63) is 83.3 Å². The second-order valence-corrected chi connectivity index (χ2v) is 8.10. The average Bonchev–Trinajstić information content (AvgIpc) is 3.06. The van der Waals surface area contributed by atoms with Gasteiger partial charge in [-0.2, -0.15) is 0 Å². The molecule has 1 aromatic heterocycles. The van der Waals surface area contributed by atoms with Gasteiger partial charge in [0.2, 0.25) is 0 Å². The predicted molar refractivity (Wildman–Crippen MR) is 99.9 cm³/mol. The standard InChI is InChI=1S/C20H19NO4S/c1-14-8-10-18(15(2)12-14)21-20(22)19-11-9-16(25-19)13-26(23,24)17-6-4-3-5-7-17/h3-12H,13H2,1-2H3,(H,21,22). The molecule has 3 aromatic rings. The smallest absolute Gasteiger partial charge is 0.291 e. The van der Waals surface area contributed by atoms with Crippen LogP contribution in [0.25, 0.3) is 0 Å². The van der Waals surface area contributed by atoms with Crippen LogP contribution in [0.1, 0.15) is 27.4 Å². The number of benzene rings is 2. The van der Waals surface area contributed by atoms with Gasteiger partial charge in [0.25, 0.3) is 5.91 Å². The van der Waals surface area contributed by atoms with E-state index < -0.39 is 15.7 Å². The molecule has 3 rings (SSSR count). The number of sulfone groups is 1. The lowest BCUT2D eigenvalue weighted by Gasteiger charge is -2.07. The van der Waals surface area contributed by atoms with Gasteiger partial charge in [-0.3, -0.25) is 4.79 Å². The summed E-state index contributed by atoms with van der Waals surface area (Å²) < 4.78 is 30.2. The van der Waals surface area contributed by atoms with Gasteiger partial charge < -0.3 is 9.73 Å². The van der Waals surface area contributed by atoms with E-state index in [1.807, 2.05) is 32.0 Å². The second kappa shape index (κ2) is 7.17. The Bertz CT molecular complexity index is 1040. The van der Waals surface area contributed by atoms with Crippen molar-refractivity contribution in [2.24, 2.45) is 0 Å². The van der Waals surface area contributed by atoms with Crippen molar-refractivity contribution in [1.29, 1.82) is 0 Å². The number of nitrogens with one attached hydrogen (secondary N) is 1. The summed E-state index contributed by atoms with van der Waals surface area (Å²) in [4.78, 5) is 12.6. The summed E-state index contributed by atoms with van der Waals surface area (Å²) in [5, 5.41) is 2.78. The van der Waals surface area contributed by atoms with Crippen LogP contribution >= 0.6 is 0 Å². The molecule has 0 spiro atoms. The van der Waals surface area contributed by atoms with E-state index in [9.17, 15) is 13.2 Å². The fourth-order valence-corrected chi connectivity index (χ4v) is 3.88. The number of anilines is 1. The minimum Gasteiger partial charge on any atom is -0.455 e. The van der Waals surface area contributed by atoms with Gasteiger partial charge in [-0.15, -0.1) is 0 Å². The van der Waals surface area contributed by atoms with Gasteiger partial charge in [-0.25, -0.2) is 8.42 Å². The van der Waals surface area contributed by atoms with Gasteiger partial charge in [0, 0.05) is 5.69 Å². The Morgan fingerprint density at radius 2 is 1.73 bits per heavy atom. The Labute approximate surface area is 152 Å². The number of carbonyl (C=O) groups excluding carboxylic acids is 1. The third kappa shape index (κ3) is 4.03. The summed E-state index contributed by atoms with van der Waals surface area (Å²) in [5.74, 6) is -0.420. The highest BCUT2D eigenvalue weighted by Gasteiger charge is 2.19. The molecular formula is C20H19NO4S. The maximum absolute atomic E-state index is 12.4. The maximum Gasteiger partial charge on any atom is 0.291 e. The van der Waals surface area contributed by atoms with Crippen molar-refractivity contribution in [1.82, 2.24) is 0 Å². The molecule has 1 N–H and O–H groups in total. The molecule has 0 fully saturated rings. The van der Waals surface area contributed by atoms with Crippen molar-refractivity contribution in [2.45, 2.75) is 24.5 Å². The summed E-state index contributed by atoms with van der Waals surface area (Å²) >= 11 is 0. The van der Waals surface area contributed by atoms with Crippen LogP contribution < -0.4 is 5.32 Å². The van der Waals surface area contributed by atoms with Gasteiger partial charge in [-0.05, 0) is 49.7 Å². The molecule has 0 aliphatic carbocycles. The summed E-state index contributed by atoms with van der Waals surface area (Å²) in [6.45, 7) is 3.88. The Morgan fingerprint density at radius 1 is 1.00 bits per heavy atom. The first-order valence-electron chi connectivity index (χ1n) is 8.10. The summed E-state index contributed by atoms with van der Waals surface area (Å²) in [5.41, 5.74) is 2.74. The van der Waals surface area contributed by atoms with Crippen LogP contribution in [-0.2, 0) is 15.6 Å². The molecule has 0 atom stereocenters. The average molecular weight is 369 g/mol. The first kappa shape index (κ1) is 17.9. The molecule has 26 heavy (non-hydrogen) atoms. The first-order chi connectivity index (χ1) is 12.3. The topological polar surface area (TPSA) is 76.4 Å². The van der Waals surface area contributed by atoms with E-state index in [0.29, 0.717) is 5.69 Å². The number of carbonyl (C=O) groups is 1. The lowest BCUT2D eigenvalue weighted by molar-refractivity contribution is 0.0995. The van der Waals surface area contributed by atoms with E-state index in [0.717, 1.165) is 11.1 Å². The van der Waals surface area contributed by atoms with Crippen LogP contribution in [0, 0.1) is 13.8 Å². The van der Waals surface area contributed by atoms with Crippen molar-refractivity contribution in [3.63, 3.8) is 0 Å². The van der Waals surface area contributed by atoms with Crippen LogP contribution in [0.15, 0.2) is 70.0 Å². The number of hydrogen-bond acceptors (Lipinski definition) is 4. The number of amides is 1. The molecule has 1 heterocycles. The molecule has 134 valence electrons. The normalized spacial score (nSPS) is 11.3. The van der Waals surface area contributed by atoms with Crippen LogP contribution in [0.5, 0.6) is 0 Å². The number of rotatable bonds is 5. The van der Waals surface area contributed by atoms with Crippen molar-refractivity contribution in [2.75, 3.05) is 5.32 Å². The van der Waals surface area contributed by atoms with E-state index in [1.165, 1.54) is 24.3 Å². The third-order valence-corrected chi connectivity index (χ3v) is 5.61. The van der Waals surface area contributed by atoms with Gasteiger partial charge in [-0.1, -0.05) is 35.9 Å². The highest BCUT2D eigenvalue weighted by Crippen LogP contribution is 2.20. The van der Waals surface area contributed by atoms with E-state index in [-0.39, 0.29) is 22.2 Å². The van der Waals surface area contributed by atoms with Crippen LogP contribution in [-0.4, -0.2) is 14.3 Å². The quantitative estimate of drug-likeness (QED) is 0.734. The van der Waals surface area contributed by atoms with E-state index >= 15 is 0 Å². The lowest BCUT2D eigenvalue weighted by atomic mass is 10.1. The summed E-state index contributed by atoms with van der Waals surface area (Å²) in [6, 6.07) is 16.8. The van der Waals surface area contributed by atoms with Crippen LogP contribution in [0.4, 0.5) is 5.69 Å². The highest BCUT2D eigenvalue weighted by molar-refractivity contribution is 7.90. The minimum absolute atomic E-state index is 0.0724. The Balaban J connectivity index is 1.74. The van der Waals surface area contributed by atoms with E-state index in [2.05, 4.69) is 5.32 Å². The molecule has 0 aliphatic heterocycles. The van der Waals surface area contributed by atoms with Gasteiger partial charge >= 0.3 is 0 Å². The fraction of sp³-hybridized carbons (Fsp3) is 0.150. The molecule has 5 nitrogen and oxygen atoms in total. The molecule has 1 amide bonds. The zero-order chi connectivity index (χ0) is 18.7. The number of furan rings is 1. The molecule has 2 aromatic carbocycles. The molecular weight excluding hydrogens is 350 g/mol. The van der Waals surface area contributed by atoms with Crippen molar-refractivity contribution < 1.29 is 17.6 Å². The SMILES string of the molecule is Cc1ccc(NC(=O)c2ccc(CS(=O)(=O)c3ccccc3)o2)c(C)c1. The zero-order valence-corrected chi connectivity index (χ0v) is 15.3. The Hall–Kier alpha value is -2.86. The van der Waals surface area contributed by atoms with Crippen molar-refractivity contribution >= 4 is 21.4 Å². The molecule has 6 heteroatoms. The Morgan fingerprint density at radius 3 is 2.42 bits per heavy atom. The summed E-state index contributed by atoms with van der Waals surface area (Å²) in [6.07, 6.45) is 0. The molecule has 0 saturated heterocycles. The van der Waals surface area contributed by atoms with Gasteiger partial charge in [0.05, 0.1) is 4.90 Å². The molecule has 0 radical (unpaired) electrons. The minimum atomic E-state index is -3.52. The van der Waals surface area contributed by atoms with Gasteiger partial charge in [0.1, 0.15) is 11.5 Å². The third-order valence-electron chi connectivity index (χ3n) is 3.95. The van der Waals surface area contributed by atoms with Crippen molar-refractivity contribution in [3.8, 4) is 0 Å². The van der Waals surface area contributed by atoms with Crippen LogP contribution in [0.3, 0.4) is 0 Å². The molecule has 0 saturated carbocycles. The first-order valence-corrected chi connectivity index (χ1v) is 9.75. The fourth-order valence-electron chi connectivity index (χ4n) is 2.61. The van der Waals surface area contributed by atoms with E-state index in [4.69, 9.17) is 4.42 Å². The molecule has 0 unspecified atom stereocenters. The lowest BCUT2D eigenvalue weighted by Crippen LogP contribution is -2.12.